The lowest BCUT2D eigenvalue weighted by atomic mass is 10.1. The zero-order valence-electron chi connectivity index (χ0n) is 12.8. The molecule has 1 heterocycles. The van der Waals surface area contributed by atoms with Crippen molar-refractivity contribution in [3.8, 4) is 0 Å². The van der Waals surface area contributed by atoms with Crippen LogP contribution in [0.4, 0.5) is 11.4 Å². The first kappa shape index (κ1) is 14.7. The molecule has 3 N–H and O–H groups in total. The van der Waals surface area contributed by atoms with Crippen molar-refractivity contribution in [3.05, 3.63) is 24.3 Å². The van der Waals surface area contributed by atoms with Crippen molar-refractivity contribution >= 4 is 17.3 Å². The molecular formula is C16H26N4. The lowest BCUT2D eigenvalue weighted by Crippen LogP contribution is -2.29. The monoisotopic (exact) mass is 274 g/mol. The Hall–Kier alpha value is -1.71. The van der Waals surface area contributed by atoms with Crippen molar-refractivity contribution in [2.24, 2.45) is 10.7 Å². The number of nitrogens with zero attached hydrogens (tertiary/aromatic N) is 2. The second kappa shape index (κ2) is 6.16. The van der Waals surface area contributed by atoms with Crippen LogP contribution in [0, 0.1) is 0 Å². The molecule has 0 bridgehead atoms. The molecule has 4 nitrogen and oxygen atoms in total. The van der Waals surface area contributed by atoms with E-state index in [0.29, 0.717) is 5.96 Å². The highest BCUT2D eigenvalue weighted by Crippen LogP contribution is 2.21. The predicted molar refractivity (Wildman–Crippen MR) is 87.5 cm³/mol. The standard InChI is InChI=1S/C16H26N4/c1-16(2,3)19-15(17)18-13-7-9-14(10-8-13)20-11-5-4-6-12-20/h7-10H,4-6,11-12H2,1-3H3,(H3,17,18,19). The molecule has 110 valence electrons. The summed E-state index contributed by atoms with van der Waals surface area (Å²) in [5, 5.41) is 3.14. The number of guanidine groups is 1. The first-order valence-corrected chi connectivity index (χ1v) is 7.41. The van der Waals surface area contributed by atoms with Crippen LogP contribution in [0.25, 0.3) is 0 Å². The molecule has 1 aliphatic rings. The smallest absolute Gasteiger partial charge is 0.193 e. The molecule has 0 aliphatic carbocycles. The minimum atomic E-state index is -0.162. The van der Waals surface area contributed by atoms with Crippen molar-refractivity contribution in [1.82, 2.24) is 0 Å². The van der Waals surface area contributed by atoms with E-state index in [9.17, 15) is 0 Å². The fraction of sp³-hybridized carbons (Fsp3) is 0.562. The minimum absolute atomic E-state index is 0.162. The molecule has 0 amide bonds. The number of anilines is 2. The average Bonchev–Trinajstić information content (AvgIpc) is 2.38. The molecule has 0 saturated carbocycles. The highest BCUT2D eigenvalue weighted by atomic mass is 15.1. The molecule has 1 aromatic rings. The van der Waals surface area contributed by atoms with Crippen LogP contribution >= 0.6 is 0 Å². The van der Waals surface area contributed by atoms with E-state index in [1.54, 1.807) is 0 Å². The Morgan fingerprint density at radius 3 is 2.25 bits per heavy atom. The summed E-state index contributed by atoms with van der Waals surface area (Å²) in [6.45, 7) is 8.42. The van der Waals surface area contributed by atoms with Gasteiger partial charge in [0.2, 0.25) is 0 Å². The van der Waals surface area contributed by atoms with Gasteiger partial charge in [-0.05, 0) is 64.3 Å². The van der Waals surface area contributed by atoms with Gasteiger partial charge >= 0.3 is 0 Å². The Balaban J connectivity index is 1.99. The van der Waals surface area contributed by atoms with E-state index >= 15 is 0 Å². The molecule has 4 heteroatoms. The lowest BCUT2D eigenvalue weighted by molar-refractivity contribution is 0.578. The summed E-state index contributed by atoms with van der Waals surface area (Å²) in [7, 11) is 0. The summed E-state index contributed by atoms with van der Waals surface area (Å²) in [6, 6.07) is 8.43. The number of nitrogens with two attached hydrogens (primary N) is 1. The minimum Gasteiger partial charge on any atom is -0.372 e. The third-order valence-corrected chi connectivity index (χ3v) is 3.32. The highest BCUT2D eigenvalue weighted by Gasteiger charge is 2.11. The Morgan fingerprint density at radius 2 is 1.70 bits per heavy atom. The van der Waals surface area contributed by atoms with Crippen LogP contribution in [-0.4, -0.2) is 24.6 Å². The van der Waals surface area contributed by atoms with Crippen molar-refractivity contribution in [2.75, 3.05) is 23.3 Å². The van der Waals surface area contributed by atoms with E-state index < -0.39 is 0 Å². The molecule has 20 heavy (non-hydrogen) atoms. The molecule has 1 saturated heterocycles. The van der Waals surface area contributed by atoms with Crippen LogP contribution in [0.1, 0.15) is 40.0 Å². The quantitative estimate of drug-likeness (QED) is 0.643. The van der Waals surface area contributed by atoms with Crippen molar-refractivity contribution in [1.29, 1.82) is 0 Å². The summed E-state index contributed by atoms with van der Waals surface area (Å²) < 4.78 is 0. The maximum absolute atomic E-state index is 5.90. The average molecular weight is 274 g/mol. The van der Waals surface area contributed by atoms with Gasteiger partial charge in [-0.15, -0.1) is 0 Å². The Morgan fingerprint density at radius 1 is 1.10 bits per heavy atom. The van der Waals surface area contributed by atoms with Gasteiger partial charge in [-0.3, -0.25) is 0 Å². The predicted octanol–water partition coefficient (Wildman–Crippen LogP) is 3.20. The van der Waals surface area contributed by atoms with Gasteiger partial charge in [0, 0.05) is 24.5 Å². The fourth-order valence-electron chi connectivity index (χ4n) is 2.44. The number of rotatable bonds is 2. The second-order valence-electron chi connectivity index (χ2n) is 6.39. The van der Waals surface area contributed by atoms with Gasteiger partial charge in [0.25, 0.3) is 0 Å². The van der Waals surface area contributed by atoms with Gasteiger partial charge in [-0.2, -0.15) is 0 Å². The van der Waals surface area contributed by atoms with E-state index in [4.69, 9.17) is 5.73 Å². The molecule has 0 aromatic heterocycles. The Kier molecular flexibility index (Phi) is 4.53. The van der Waals surface area contributed by atoms with E-state index in [1.165, 1.54) is 38.0 Å². The summed E-state index contributed by atoms with van der Waals surface area (Å²) >= 11 is 0. The van der Waals surface area contributed by atoms with Gasteiger partial charge in [-0.1, -0.05) is 0 Å². The lowest BCUT2D eigenvalue weighted by Gasteiger charge is -2.28. The summed E-state index contributed by atoms with van der Waals surface area (Å²) in [6.07, 6.45) is 3.95. The van der Waals surface area contributed by atoms with Crippen LogP contribution < -0.4 is 16.0 Å². The molecule has 0 unspecified atom stereocenters. The van der Waals surface area contributed by atoms with Crippen LogP contribution in [0.15, 0.2) is 29.3 Å². The largest absolute Gasteiger partial charge is 0.372 e. The van der Waals surface area contributed by atoms with Crippen LogP contribution in [0.3, 0.4) is 0 Å². The zero-order chi connectivity index (χ0) is 14.6. The number of piperidine rings is 1. The number of hydrogen-bond acceptors (Lipinski definition) is 2. The fourth-order valence-corrected chi connectivity index (χ4v) is 2.44. The van der Waals surface area contributed by atoms with Gasteiger partial charge in [0.1, 0.15) is 0 Å². The zero-order valence-corrected chi connectivity index (χ0v) is 12.8. The summed E-state index contributed by atoms with van der Waals surface area (Å²) in [5.41, 5.74) is 8.02. The Bertz CT molecular complexity index is 450. The topological polar surface area (TPSA) is 53.6 Å². The molecule has 0 atom stereocenters. The molecule has 1 aromatic carbocycles. The maximum atomic E-state index is 5.90. The van der Waals surface area contributed by atoms with Crippen LogP contribution in [0.5, 0.6) is 0 Å². The van der Waals surface area contributed by atoms with Crippen molar-refractivity contribution < 1.29 is 0 Å². The van der Waals surface area contributed by atoms with Crippen molar-refractivity contribution in [3.63, 3.8) is 0 Å². The molecule has 0 spiro atoms. The molecule has 1 aliphatic heterocycles. The summed E-state index contributed by atoms with van der Waals surface area (Å²) in [5.74, 6) is 0.461. The van der Waals surface area contributed by atoms with Gasteiger partial charge < -0.3 is 16.0 Å². The van der Waals surface area contributed by atoms with Gasteiger partial charge in [0.05, 0.1) is 5.54 Å². The van der Waals surface area contributed by atoms with E-state index in [-0.39, 0.29) is 5.54 Å². The normalized spacial score (nSPS) is 17.1. The van der Waals surface area contributed by atoms with Gasteiger partial charge in [-0.25, -0.2) is 4.99 Å². The molecule has 1 fully saturated rings. The SMILES string of the molecule is CC(C)(C)N=C(N)Nc1ccc(N2CCCCC2)cc1. The highest BCUT2D eigenvalue weighted by molar-refractivity contribution is 5.92. The van der Waals surface area contributed by atoms with E-state index in [2.05, 4.69) is 39.5 Å². The third kappa shape index (κ3) is 4.44. The molecule has 0 radical (unpaired) electrons. The van der Waals surface area contributed by atoms with Crippen LogP contribution in [0.2, 0.25) is 0 Å². The van der Waals surface area contributed by atoms with E-state index in [1.807, 2.05) is 20.8 Å². The Labute approximate surface area is 122 Å². The van der Waals surface area contributed by atoms with E-state index in [0.717, 1.165) is 5.69 Å². The number of aliphatic imine (C=N–C) groups is 1. The molecular weight excluding hydrogens is 248 g/mol. The first-order chi connectivity index (χ1) is 9.44. The molecule has 2 rings (SSSR count). The third-order valence-electron chi connectivity index (χ3n) is 3.32. The summed E-state index contributed by atoms with van der Waals surface area (Å²) in [4.78, 5) is 6.83. The van der Waals surface area contributed by atoms with Crippen LogP contribution in [-0.2, 0) is 0 Å². The number of benzene rings is 1. The maximum Gasteiger partial charge on any atom is 0.193 e. The number of hydrogen-bond donors (Lipinski definition) is 2. The van der Waals surface area contributed by atoms with Crippen molar-refractivity contribution in [2.45, 2.75) is 45.6 Å². The van der Waals surface area contributed by atoms with Gasteiger partial charge in [0.15, 0.2) is 5.96 Å². The number of nitrogens with one attached hydrogen (secondary N) is 1. The second-order valence-corrected chi connectivity index (χ2v) is 6.39. The first-order valence-electron chi connectivity index (χ1n) is 7.41.